The van der Waals surface area contributed by atoms with Crippen molar-refractivity contribution in [2.75, 3.05) is 14.2 Å². The second kappa shape index (κ2) is 4.36. The first kappa shape index (κ1) is 10.2. The minimum absolute atomic E-state index is 0.0132. The van der Waals surface area contributed by atoms with Crippen LogP contribution < -0.4 is 15.2 Å². The van der Waals surface area contributed by atoms with E-state index in [0.717, 1.165) is 0 Å². The van der Waals surface area contributed by atoms with E-state index in [9.17, 15) is 0 Å². The van der Waals surface area contributed by atoms with Gasteiger partial charge in [0.05, 0.1) is 19.8 Å². The number of amidine groups is 1. The molecule has 5 heteroatoms. The minimum Gasteiger partial charge on any atom is -0.497 e. The number of hydrogen-bond acceptors (Lipinski definition) is 4. The fraction of sp³-hybridized carbons (Fsp3) is 0.222. The maximum Gasteiger partial charge on any atom is 0.173 e. The van der Waals surface area contributed by atoms with Gasteiger partial charge in [-0.1, -0.05) is 5.16 Å². The molecule has 0 radical (unpaired) electrons. The van der Waals surface area contributed by atoms with Crippen molar-refractivity contribution >= 4 is 5.84 Å². The molecule has 1 rings (SSSR count). The van der Waals surface area contributed by atoms with Gasteiger partial charge in [0, 0.05) is 0 Å². The van der Waals surface area contributed by atoms with E-state index in [0.29, 0.717) is 17.1 Å². The molecule has 0 bridgehead atoms. The van der Waals surface area contributed by atoms with E-state index in [-0.39, 0.29) is 5.84 Å². The van der Waals surface area contributed by atoms with Gasteiger partial charge in [-0.3, -0.25) is 0 Å². The smallest absolute Gasteiger partial charge is 0.173 e. The average Bonchev–Trinajstić information content (AvgIpc) is 2.27. The summed E-state index contributed by atoms with van der Waals surface area (Å²) in [7, 11) is 3.05. The highest BCUT2D eigenvalue weighted by Gasteiger charge is 2.08. The predicted octanol–water partition coefficient (Wildman–Crippen LogP) is 0.798. The van der Waals surface area contributed by atoms with Gasteiger partial charge >= 0.3 is 0 Å². The lowest BCUT2D eigenvalue weighted by molar-refractivity contribution is 0.318. The zero-order chi connectivity index (χ0) is 10.6. The van der Waals surface area contributed by atoms with E-state index < -0.39 is 0 Å². The topological polar surface area (TPSA) is 77.1 Å². The molecular formula is C9H12N2O3. The van der Waals surface area contributed by atoms with E-state index in [2.05, 4.69) is 5.16 Å². The van der Waals surface area contributed by atoms with Crippen molar-refractivity contribution in [2.24, 2.45) is 10.9 Å². The number of oxime groups is 1. The van der Waals surface area contributed by atoms with Crippen LogP contribution in [0.1, 0.15) is 5.56 Å². The molecule has 0 unspecified atom stereocenters. The first-order chi connectivity index (χ1) is 6.72. The largest absolute Gasteiger partial charge is 0.497 e. The maximum atomic E-state index is 8.54. The summed E-state index contributed by atoms with van der Waals surface area (Å²) in [5, 5.41) is 11.4. The van der Waals surface area contributed by atoms with Crippen LogP contribution >= 0.6 is 0 Å². The molecule has 0 aliphatic carbocycles. The Morgan fingerprint density at radius 3 is 2.57 bits per heavy atom. The second-order valence-electron chi connectivity index (χ2n) is 2.55. The molecule has 1 aromatic rings. The Hall–Kier alpha value is -1.91. The number of nitrogens with zero attached hydrogens (tertiary/aromatic N) is 1. The first-order valence-electron chi connectivity index (χ1n) is 3.93. The summed E-state index contributed by atoms with van der Waals surface area (Å²) in [4.78, 5) is 0. The standard InChI is InChI=1S/C9H12N2O3/c1-13-6-3-4-8(14-2)7(5-6)9(10)11-12/h3-5,12H,1-2H3,(H2,10,11). The molecule has 0 atom stereocenters. The van der Waals surface area contributed by atoms with Crippen LogP contribution in [-0.2, 0) is 0 Å². The molecule has 0 heterocycles. The van der Waals surface area contributed by atoms with Crippen LogP contribution in [0.2, 0.25) is 0 Å². The van der Waals surface area contributed by atoms with Crippen molar-refractivity contribution in [2.45, 2.75) is 0 Å². The molecule has 0 fully saturated rings. The lowest BCUT2D eigenvalue weighted by atomic mass is 10.1. The van der Waals surface area contributed by atoms with Crippen molar-refractivity contribution in [1.29, 1.82) is 0 Å². The van der Waals surface area contributed by atoms with E-state index in [4.69, 9.17) is 20.4 Å². The summed E-state index contributed by atoms with van der Waals surface area (Å²) < 4.78 is 10.0. The van der Waals surface area contributed by atoms with Gasteiger partial charge in [0.15, 0.2) is 5.84 Å². The predicted molar refractivity (Wildman–Crippen MR) is 52.1 cm³/mol. The highest BCUT2D eigenvalue weighted by atomic mass is 16.5. The van der Waals surface area contributed by atoms with Gasteiger partial charge in [0.1, 0.15) is 11.5 Å². The Morgan fingerprint density at radius 2 is 2.07 bits per heavy atom. The molecular weight excluding hydrogens is 184 g/mol. The second-order valence-corrected chi connectivity index (χ2v) is 2.55. The van der Waals surface area contributed by atoms with Crippen LogP contribution in [0.5, 0.6) is 11.5 Å². The lowest BCUT2D eigenvalue weighted by Crippen LogP contribution is -2.14. The van der Waals surface area contributed by atoms with Gasteiger partial charge in [0.25, 0.3) is 0 Å². The zero-order valence-corrected chi connectivity index (χ0v) is 8.02. The van der Waals surface area contributed by atoms with Crippen LogP contribution in [-0.4, -0.2) is 25.3 Å². The summed E-state index contributed by atoms with van der Waals surface area (Å²) in [6, 6.07) is 5.05. The number of ether oxygens (including phenoxy) is 2. The number of nitrogens with two attached hydrogens (primary N) is 1. The monoisotopic (exact) mass is 196 g/mol. The molecule has 76 valence electrons. The van der Waals surface area contributed by atoms with Crippen LogP contribution in [0.25, 0.3) is 0 Å². The maximum absolute atomic E-state index is 8.54. The third-order valence-electron chi connectivity index (χ3n) is 1.79. The van der Waals surface area contributed by atoms with Crippen molar-refractivity contribution in [3.63, 3.8) is 0 Å². The molecule has 5 nitrogen and oxygen atoms in total. The van der Waals surface area contributed by atoms with Gasteiger partial charge in [0.2, 0.25) is 0 Å². The van der Waals surface area contributed by atoms with Crippen molar-refractivity contribution < 1.29 is 14.7 Å². The van der Waals surface area contributed by atoms with Gasteiger partial charge in [-0.05, 0) is 18.2 Å². The van der Waals surface area contributed by atoms with Gasteiger partial charge in [-0.2, -0.15) is 0 Å². The summed E-state index contributed by atoms with van der Waals surface area (Å²) in [5.41, 5.74) is 5.95. The molecule has 0 aliphatic heterocycles. The Kier molecular flexibility index (Phi) is 3.17. The molecule has 3 N–H and O–H groups in total. The zero-order valence-electron chi connectivity index (χ0n) is 8.02. The SMILES string of the molecule is COc1ccc(OC)c(/C(N)=N/O)c1. The summed E-state index contributed by atoms with van der Waals surface area (Å²) in [6.07, 6.45) is 0. The summed E-state index contributed by atoms with van der Waals surface area (Å²) in [6.45, 7) is 0. The van der Waals surface area contributed by atoms with Crippen LogP contribution in [0.4, 0.5) is 0 Å². The molecule has 0 amide bonds. The molecule has 0 saturated carbocycles. The van der Waals surface area contributed by atoms with Crippen molar-refractivity contribution in [3.8, 4) is 11.5 Å². The third-order valence-corrected chi connectivity index (χ3v) is 1.79. The van der Waals surface area contributed by atoms with Crippen LogP contribution in [0.15, 0.2) is 23.4 Å². The van der Waals surface area contributed by atoms with Crippen LogP contribution in [0.3, 0.4) is 0 Å². The van der Waals surface area contributed by atoms with Crippen LogP contribution in [0, 0.1) is 0 Å². The highest BCUT2D eigenvalue weighted by molar-refractivity contribution is 5.99. The number of benzene rings is 1. The number of rotatable bonds is 3. The Labute approximate surface area is 81.7 Å². The number of methoxy groups -OCH3 is 2. The van der Waals surface area contributed by atoms with Gasteiger partial charge < -0.3 is 20.4 Å². The van der Waals surface area contributed by atoms with Gasteiger partial charge in [-0.25, -0.2) is 0 Å². The van der Waals surface area contributed by atoms with E-state index in [1.807, 2.05) is 0 Å². The molecule has 0 aromatic heterocycles. The highest BCUT2D eigenvalue weighted by Crippen LogP contribution is 2.23. The quantitative estimate of drug-likeness (QED) is 0.324. The fourth-order valence-corrected chi connectivity index (χ4v) is 1.07. The Morgan fingerprint density at radius 1 is 1.36 bits per heavy atom. The summed E-state index contributed by atoms with van der Waals surface area (Å²) >= 11 is 0. The average molecular weight is 196 g/mol. The molecule has 0 saturated heterocycles. The van der Waals surface area contributed by atoms with Gasteiger partial charge in [-0.15, -0.1) is 0 Å². The van der Waals surface area contributed by atoms with Crippen molar-refractivity contribution in [1.82, 2.24) is 0 Å². The molecule has 14 heavy (non-hydrogen) atoms. The van der Waals surface area contributed by atoms with E-state index >= 15 is 0 Å². The minimum atomic E-state index is -0.0132. The number of hydrogen-bond donors (Lipinski definition) is 2. The Bertz CT molecular complexity index is 350. The van der Waals surface area contributed by atoms with E-state index in [1.54, 1.807) is 18.2 Å². The fourth-order valence-electron chi connectivity index (χ4n) is 1.07. The molecule has 0 aliphatic rings. The molecule has 0 spiro atoms. The lowest BCUT2D eigenvalue weighted by Gasteiger charge is -2.08. The van der Waals surface area contributed by atoms with E-state index in [1.165, 1.54) is 14.2 Å². The third kappa shape index (κ3) is 1.87. The Balaban J connectivity index is 3.21. The summed E-state index contributed by atoms with van der Waals surface area (Å²) in [5.74, 6) is 1.13. The first-order valence-corrected chi connectivity index (χ1v) is 3.93. The molecule has 1 aromatic carbocycles. The normalized spacial score (nSPS) is 11.1. The van der Waals surface area contributed by atoms with Crippen molar-refractivity contribution in [3.05, 3.63) is 23.8 Å².